The first kappa shape index (κ1) is 12.5. The van der Waals surface area contributed by atoms with Crippen LogP contribution in [0, 0.1) is 23.7 Å². The highest BCUT2D eigenvalue weighted by atomic mass is 16.2. The van der Waals surface area contributed by atoms with E-state index in [2.05, 4.69) is 17.1 Å². The van der Waals surface area contributed by atoms with Crippen LogP contribution in [0.5, 0.6) is 0 Å². The molecule has 1 aliphatic heterocycles. The first-order valence-corrected chi connectivity index (χ1v) is 7.77. The Hall–Kier alpha value is -0.570. The van der Waals surface area contributed by atoms with Crippen LogP contribution in [0.1, 0.15) is 39.0 Å². The maximum Gasteiger partial charge on any atom is 0.225 e. The zero-order valence-electron chi connectivity index (χ0n) is 11.5. The zero-order valence-corrected chi connectivity index (χ0v) is 11.5. The molecule has 3 nitrogen and oxygen atoms in total. The minimum Gasteiger partial charge on any atom is -0.342 e. The molecule has 0 aromatic rings. The van der Waals surface area contributed by atoms with Gasteiger partial charge >= 0.3 is 0 Å². The molecule has 2 unspecified atom stereocenters. The van der Waals surface area contributed by atoms with Crippen molar-refractivity contribution in [1.82, 2.24) is 10.2 Å². The summed E-state index contributed by atoms with van der Waals surface area (Å²) < 4.78 is 0. The average Bonchev–Trinajstić information content (AvgIpc) is 3.03. The highest BCUT2D eigenvalue weighted by Gasteiger charge is 2.48. The molecule has 0 bridgehead atoms. The van der Waals surface area contributed by atoms with Crippen LogP contribution in [-0.4, -0.2) is 37.0 Å². The molecular weight excluding hydrogens is 224 g/mol. The van der Waals surface area contributed by atoms with Crippen molar-refractivity contribution in [3.8, 4) is 0 Å². The highest BCUT2D eigenvalue weighted by Crippen LogP contribution is 2.54. The monoisotopic (exact) mass is 250 g/mol. The van der Waals surface area contributed by atoms with Gasteiger partial charge in [0.1, 0.15) is 0 Å². The summed E-state index contributed by atoms with van der Waals surface area (Å²) in [5.41, 5.74) is 0. The summed E-state index contributed by atoms with van der Waals surface area (Å²) in [6.07, 6.45) is 6.25. The molecule has 2 saturated carbocycles. The van der Waals surface area contributed by atoms with Crippen LogP contribution in [0.2, 0.25) is 0 Å². The number of carbonyl (C=O) groups is 1. The van der Waals surface area contributed by atoms with Crippen LogP contribution in [0.25, 0.3) is 0 Å². The van der Waals surface area contributed by atoms with E-state index in [1.807, 2.05) is 0 Å². The Bertz CT molecular complexity index is 302. The van der Waals surface area contributed by atoms with Crippen molar-refractivity contribution >= 4 is 5.91 Å². The predicted molar refractivity (Wildman–Crippen MR) is 72.2 cm³/mol. The Morgan fingerprint density at radius 3 is 2.44 bits per heavy atom. The third-order valence-electron chi connectivity index (χ3n) is 5.22. The van der Waals surface area contributed by atoms with Crippen LogP contribution in [0.4, 0.5) is 0 Å². The van der Waals surface area contributed by atoms with Gasteiger partial charge in [-0.15, -0.1) is 0 Å². The maximum atomic E-state index is 12.5. The number of amides is 1. The van der Waals surface area contributed by atoms with Gasteiger partial charge in [0.25, 0.3) is 0 Å². The summed E-state index contributed by atoms with van der Waals surface area (Å²) in [7, 11) is 0. The lowest BCUT2D eigenvalue weighted by Gasteiger charge is -2.31. The fraction of sp³-hybridized carbons (Fsp3) is 0.933. The molecule has 102 valence electrons. The van der Waals surface area contributed by atoms with E-state index >= 15 is 0 Å². The lowest BCUT2D eigenvalue weighted by Crippen LogP contribution is -2.41. The molecule has 2 atom stereocenters. The van der Waals surface area contributed by atoms with E-state index in [-0.39, 0.29) is 0 Å². The average molecular weight is 250 g/mol. The summed E-state index contributed by atoms with van der Waals surface area (Å²) >= 11 is 0. The number of hydrogen-bond donors (Lipinski definition) is 1. The predicted octanol–water partition coefficient (Wildman–Crippen LogP) is 1.88. The van der Waals surface area contributed by atoms with Crippen molar-refractivity contribution in [2.75, 3.05) is 26.2 Å². The molecule has 0 spiro atoms. The lowest BCUT2D eigenvalue weighted by molar-refractivity contribution is -0.136. The van der Waals surface area contributed by atoms with E-state index in [9.17, 15) is 4.79 Å². The molecule has 1 heterocycles. The SMILES string of the molecule is CCN(CC1CCNCC1)C(=O)C1CC2CC2C1. The van der Waals surface area contributed by atoms with Crippen molar-refractivity contribution in [3.05, 3.63) is 0 Å². The van der Waals surface area contributed by atoms with E-state index in [1.165, 1.54) is 32.1 Å². The zero-order chi connectivity index (χ0) is 12.5. The van der Waals surface area contributed by atoms with Gasteiger partial charge in [-0.3, -0.25) is 4.79 Å². The third kappa shape index (κ3) is 2.56. The second kappa shape index (κ2) is 5.20. The van der Waals surface area contributed by atoms with Crippen LogP contribution < -0.4 is 5.32 Å². The Kier molecular flexibility index (Phi) is 3.60. The van der Waals surface area contributed by atoms with Gasteiger partial charge in [0.15, 0.2) is 0 Å². The fourth-order valence-electron chi connectivity index (χ4n) is 3.93. The Morgan fingerprint density at radius 2 is 1.83 bits per heavy atom. The van der Waals surface area contributed by atoms with Crippen molar-refractivity contribution < 1.29 is 4.79 Å². The Morgan fingerprint density at radius 1 is 1.17 bits per heavy atom. The minimum atomic E-state index is 0.371. The van der Waals surface area contributed by atoms with Gasteiger partial charge in [-0.1, -0.05) is 0 Å². The summed E-state index contributed by atoms with van der Waals surface area (Å²) in [5, 5.41) is 3.40. The smallest absolute Gasteiger partial charge is 0.225 e. The summed E-state index contributed by atoms with van der Waals surface area (Å²) in [6.45, 7) is 6.29. The number of rotatable bonds is 4. The third-order valence-corrected chi connectivity index (χ3v) is 5.22. The van der Waals surface area contributed by atoms with Crippen LogP contribution in [0.15, 0.2) is 0 Å². The van der Waals surface area contributed by atoms with Crippen LogP contribution >= 0.6 is 0 Å². The summed E-state index contributed by atoms with van der Waals surface area (Å²) in [4.78, 5) is 14.7. The second-order valence-electron chi connectivity index (χ2n) is 6.49. The van der Waals surface area contributed by atoms with Crippen LogP contribution in [-0.2, 0) is 4.79 Å². The van der Waals surface area contributed by atoms with Gasteiger partial charge in [-0.25, -0.2) is 0 Å². The van der Waals surface area contributed by atoms with Gasteiger partial charge < -0.3 is 10.2 Å². The molecule has 0 aromatic heterocycles. The van der Waals surface area contributed by atoms with Gasteiger partial charge in [0.2, 0.25) is 5.91 Å². The van der Waals surface area contributed by atoms with Crippen LogP contribution in [0.3, 0.4) is 0 Å². The first-order valence-electron chi connectivity index (χ1n) is 7.77. The van der Waals surface area contributed by atoms with Gasteiger partial charge in [-0.05, 0) is 69.9 Å². The number of carbonyl (C=O) groups excluding carboxylic acids is 1. The molecule has 3 fully saturated rings. The quantitative estimate of drug-likeness (QED) is 0.826. The van der Waals surface area contributed by atoms with Gasteiger partial charge in [0.05, 0.1) is 0 Å². The van der Waals surface area contributed by atoms with E-state index in [4.69, 9.17) is 0 Å². The maximum absolute atomic E-state index is 12.5. The normalized spacial score (nSPS) is 35.3. The molecule has 1 saturated heterocycles. The van der Waals surface area contributed by atoms with E-state index in [0.717, 1.165) is 43.9 Å². The fourth-order valence-corrected chi connectivity index (χ4v) is 3.93. The Balaban J connectivity index is 1.52. The largest absolute Gasteiger partial charge is 0.342 e. The van der Waals surface area contributed by atoms with E-state index in [1.54, 1.807) is 0 Å². The number of piperidine rings is 1. The van der Waals surface area contributed by atoms with E-state index in [0.29, 0.717) is 11.8 Å². The highest BCUT2D eigenvalue weighted by molar-refractivity contribution is 5.79. The number of hydrogen-bond acceptors (Lipinski definition) is 2. The summed E-state index contributed by atoms with van der Waals surface area (Å²) in [5.74, 6) is 3.39. The number of fused-ring (bicyclic) bond motifs is 1. The topological polar surface area (TPSA) is 32.3 Å². The molecule has 1 N–H and O–H groups in total. The van der Waals surface area contributed by atoms with Crippen molar-refractivity contribution in [3.63, 3.8) is 0 Å². The van der Waals surface area contributed by atoms with Crippen molar-refractivity contribution in [1.29, 1.82) is 0 Å². The van der Waals surface area contributed by atoms with Gasteiger partial charge in [0, 0.05) is 19.0 Å². The molecule has 3 heteroatoms. The number of nitrogens with one attached hydrogen (secondary N) is 1. The number of nitrogens with zero attached hydrogens (tertiary/aromatic N) is 1. The molecule has 0 radical (unpaired) electrons. The molecule has 3 aliphatic rings. The van der Waals surface area contributed by atoms with Crippen molar-refractivity contribution in [2.45, 2.75) is 39.0 Å². The lowest BCUT2D eigenvalue weighted by atomic mass is 9.96. The first-order chi connectivity index (χ1) is 8.78. The molecule has 18 heavy (non-hydrogen) atoms. The second-order valence-corrected chi connectivity index (χ2v) is 6.49. The molecule has 0 aromatic carbocycles. The van der Waals surface area contributed by atoms with E-state index < -0.39 is 0 Å². The minimum absolute atomic E-state index is 0.371. The molecule has 3 rings (SSSR count). The Labute approximate surface area is 110 Å². The summed E-state index contributed by atoms with van der Waals surface area (Å²) in [6, 6.07) is 0. The molecular formula is C15H26N2O. The standard InChI is InChI=1S/C15H26N2O/c1-2-17(10-11-3-5-16-6-4-11)15(18)14-8-12-7-13(12)9-14/h11-14,16H,2-10H2,1H3. The molecule has 2 aliphatic carbocycles. The van der Waals surface area contributed by atoms with Crippen molar-refractivity contribution in [2.24, 2.45) is 23.7 Å². The van der Waals surface area contributed by atoms with Gasteiger partial charge in [-0.2, -0.15) is 0 Å². The molecule has 1 amide bonds.